The minimum Gasteiger partial charge on any atom is -0.379 e. The molecule has 0 saturated heterocycles. The maximum atomic E-state index is 13.3. The molecule has 0 amide bonds. The maximum Gasteiger partial charge on any atom is 0.149 e. The Morgan fingerprint density at radius 3 is 2.86 bits per heavy atom. The lowest BCUT2D eigenvalue weighted by atomic mass is 10.2. The molecule has 114 valence electrons. The van der Waals surface area contributed by atoms with Gasteiger partial charge in [-0.1, -0.05) is 0 Å². The van der Waals surface area contributed by atoms with Crippen molar-refractivity contribution in [2.75, 3.05) is 37.1 Å². The van der Waals surface area contributed by atoms with Gasteiger partial charge >= 0.3 is 0 Å². The molecular weight excluding hydrogens is 297 g/mol. The number of hydrogen-bond acceptors (Lipinski definition) is 6. The van der Waals surface area contributed by atoms with Gasteiger partial charge in [0.15, 0.2) is 0 Å². The van der Waals surface area contributed by atoms with Crippen LogP contribution in [0.1, 0.15) is 0 Å². The monoisotopic (exact) mass is 313 g/mol. The molecule has 0 radical (unpaired) electrons. The summed E-state index contributed by atoms with van der Waals surface area (Å²) in [4.78, 5) is 8.12. The fourth-order valence-electron chi connectivity index (χ4n) is 1.72. The largest absolute Gasteiger partial charge is 0.379 e. The summed E-state index contributed by atoms with van der Waals surface area (Å²) in [5.74, 6) is 0.158. The number of sulfone groups is 1. The van der Waals surface area contributed by atoms with Crippen molar-refractivity contribution in [3.63, 3.8) is 0 Å². The van der Waals surface area contributed by atoms with Crippen LogP contribution < -0.4 is 5.32 Å². The normalized spacial score (nSPS) is 11.7. The van der Waals surface area contributed by atoms with E-state index in [1.165, 1.54) is 18.5 Å². The molecule has 1 N–H and O–H groups in total. The molecule has 0 spiro atoms. The summed E-state index contributed by atoms with van der Waals surface area (Å²) in [6.07, 6.45) is 2.56. The van der Waals surface area contributed by atoms with Crippen molar-refractivity contribution in [3.05, 3.63) is 30.3 Å². The second-order valence-corrected chi connectivity index (χ2v) is 6.81. The molecule has 1 aromatic carbocycles. The highest BCUT2D eigenvalue weighted by Gasteiger charge is 2.05. The molecule has 21 heavy (non-hydrogen) atoms. The molecule has 0 unspecified atom stereocenters. The Morgan fingerprint density at radius 2 is 2.10 bits per heavy atom. The van der Waals surface area contributed by atoms with Crippen LogP contribution in [-0.2, 0) is 14.6 Å². The molecule has 2 aromatic rings. The van der Waals surface area contributed by atoms with E-state index in [0.29, 0.717) is 29.9 Å². The number of halogens is 1. The van der Waals surface area contributed by atoms with Crippen LogP contribution in [0.4, 0.5) is 10.2 Å². The van der Waals surface area contributed by atoms with E-state index in [2.05, 4.69) is 15.3 Å². The first-order valence-corrected chi connectivity index (χ1v) is 8.41. The third-order valence-corrected chi connectivity index (χ3v) is 3.64. The topological polar surface area (TPSA) is 81.2 Å². The summed E-state index contributed by atoms with van der Waals surface area (Å²) in [7, 11) is -3.00. The smallest absolute Gasteiger partial charge is 0.149 e. The summed E-state index contributed by atoms with van der Waals surface area (Å²) >= 11 is 0. The first kappa shape index (κ1) is 15.6. The number of anilines is 1. The predicted molar refractivity (Wildman–Crippen MR) is 78.5 cm³/mol. The Kier molecular flexibility index (Phi) is 5.03. The molecule has 0 atom stereocenters. The predicted octanol–water partition coefficient (Wildman–Crippen LogP) is 1.24. The Bertz CT molecular complexity index is 722. The van der Waals surface area contributed by atoms with E-state index in [9.17, 15) is 12.8 Å². The van der Waals surface area contributed by atoms with E-state index in [-0.39, 0.29) is 18.2 Å². The van der Waals surface area contributed by atoms with Crippen molar-refractivity contribution in [3.8, 4) is 0 Å². The Hall–Kier alpha value is -1.80. The van der Waals surface area contributed by atoms with Crippen molar-refractivity contribution >= 4 is 26.6 Å². The highest BCUT2D eigenvalue weighted by molar-refractivity contribution is 7.90. The summed E-state index contributed by atoms with van der Waals surface area (Å²) < 4.78 is 40.3. The van der Waals surface area contributed by atoms with Gasteiger partial charge < -0.3 is 10.1 Å². The molecular formula is C13H16FN3O3S. The molecule has 8 heteroatoms. The Labute approximate surface area is 122 Å². The molecule has 0 aliphatic rings. The van der Waals surface area contributed by atoms with Gasteiger partial charge in [0.2, 0.25) is 0 Å². The number of rotatable bonds is 7. The third-order valence-electron chi connectivity index (χ3n) is 2.73. The van der Waals surface area contributed by atoms with Gasteiger partial charge in [-0.05, 0) is 18.2 Å². The number of ether oxygens (including phenoxy) is 1. The van der Waals surface area contributed by atoms with Gasteiger partial charge in [-0.15, -0.1) is 0 Å². The number of benzene rings is 1. The van der Waals surface area contributed by atoms with E-state index >= 15 is 0 Å². The third kappa shape index (κ3) is 4.91. The quantitative estimate of drug-likeness (QED) is 0.775. The average Bonchev–Trinajstić information content (AvgIpc) is 2.41. The first-order valence-electron chi connectivity index (χ1n) is 6.35. The zero-order valence-electron chi connectivity index (χ0n) is 11.5. The highest BCUT2D eigenvalue weighted by Crippen LogP contribution is 2.19. The van der Waals surface area contributed by atoms with Crippen molar-refractivity contribution in [1.29, 1.82) is 0 Å². The number of hydrogen-bond donors (Lipinski definition) is 1. The van der Waals surface area contributed by atoms with Gasteiger partial charge in [-0.2, -0.15) is 0 Å². The minimum absolute atomic E-state index is 0.00531. The lowest BCUT2D eigenvalue weighted by molar-refractivity contribution is 0.159. The second-order valence-electron chi connectivity index (χ2n) is 4.55. The van der Waals surface area contributed by atoms with Gasteiger partial charge in [0.1, 0.15) is 27.8 Å². The number of fused-ring (bicyclic) bond motifs is 1. The standard InChI is InChI=1S/C13H16FN3O3S/c1-21(18,19)7-6-20-5-4-15-13-11-8-10(14)2-3-12(11)16-9-17-13/h2-3,8-9H,4-7H2,1H3,(H,15,16,17). The van der Waals surface area contributed by atoms with Gasteiger partial charge in [-0.3, -0.25) is 0 Å². The minimum atomic E-state index is -3.00. The van der Waals surface area contributed by atoms with E-state index in [0.717, 1.165) is 6.26 Å². The summed E-state index contributed by atoms with van der Waals surface area (Å²) in [5.41, 5.74) is 0.645. The van der Waals surface area contributed by atoms with E-state index in [1.54, 1.807) is 6.07 Å². The molecule has 0 saturated carbocycles. The lowest BCUT2D eigenvalue weighted by Gasteiger charge is -2.08. The second kappa shape index (κ2) is 6.77. The number of aromatic nitrogens is 2. The Morgan fingerprint density at radius 1 is 1.29 bits per heavy atom. The summed E-state index contributed by atoms with van der Waals surface area (Å²) in [5, 5.41) is 3.61. The van der Waals surface area contributed by atoms with Gasteiger partial charge in [0.05, 0.1) is 24.5 Å². The fraction of sp³-hybridized carbons (Fsp3) is 0.385. The first-order chi connectivity index (χ1) is 9.96. The lowest BCUT2D eigenvalue weighted by Crippen LogP contribution is -2.15. The summed E-state index contributed by atoms with van der Waals surface area (Å²) in [6, 6.07) is 4.29. The van der Waals surface area contributed by atoms with Crippen LogP contribution in [0.15, 0.2) is 24.5 Å². The Balaban J connectivity index is 1.88. The molecule has 1 aromatic heterocycles. The molecule has 0 fully saturated rings. The van der Waals surface area contributed by atoms with E-state index in [4.69, 9.17) is 4.74 Å². The van der Waals surface area contributed by atoms with Crippen LogP contribution in [0, 0.1) is 5.82 Å². The number of nitrogens with zero attached hydrogens (tertiary/aromatic N) is 2. The van der Waals surface area contributed by atoms with E-state index in [1.807, 2.05) is 0 Å². The van der Waals surface area contributed by atoms with Crippen LogP contribution in [0.3, 0.4) is 0 Å². The molecule has 0 aliphatic heterocycles. The fourth-order valence-corrected chi connectivity index (χ4v) is 2.14. The van der Waals surface area contributed by atoms with Crippen LogP contribution in [0.2, 0.25) is 0 Å². The molecule has 6 nitrogen and oxygen atoms in total. The van der Waals surface area contributed by atoms with E-state index < -0.39 is 9.84 Å². The zero-order chi connectivity index (χ0) is 15.3. The highest BCUT2D eigenvalue weighted by atomic mass is 32.2. The van der Waals surface area contributed by atoms with Crippen molar-refractivity contribution < 1.29 is 17.5 Å². The zero-order valence-corrected chi connectivity index (χ0v) is 12.4. The SMILES string of the molecule is CS(=O)(=O)CCOCCNc1ncnc2ccc(F)cc12. The molecule has 0 bridgehead atoms. The van der Waals surface area contributed by atoms with Gasteiger partial charge in [0.25, 0.3) is 0 Å². The summed E-state index contributed by atoms with van der Waals surface area (Å²) in [6.45, 7) is 0.919. The van der Waals surface area contributed by atoms with Crippen LogP contribution in [0.25, 0.3) is 10.9 Å². The van der Waals surface area contributed by atoms with Crippen LogP contribution >= 0.6 is 0 Å². The average molecular weight is 313 g/mol. The molecule has 0 aliphatic carbocycles. The van der Waals surface area contributed by atoms with Crippen molar-refractivity contribution in [1.82, 2.24) is 9.97 Å². The van der Waals surface area contributed by atoms with Crippen LogP contribution in [-0.4, -0.2) is 50.2 Å². The van der Waals surface area contributed by atoms with Crippen LogP contribution in [0.5, 0.6) is 0 Å². The molecule has 2 rings (SSSR count). The maximum absolute atomic E-state index is 13.3. The van der Waals surface area contributed by atoms with Crippen molar-refractivity contribution in [2.24, 2.45) is 0 Å². The molecule has 1 heterocycles. The van der Waals surface area contributed by atoms with Crippen molar-refractivity contribution in [2.45, 2.75) is 0 Å². The van der Waals surface area contributed by atoms with Gasteiger partial charge in [0, 0.05) is 18.2 Å². The number of nitrogens with one attached hydrogen (secondary N) is 1. The van der Waals surface area contributed by atoms with Gasteiger partial charge in [-0.25, -0.2) is 22.8 Å².